The minimum atomic E-state index is -0.106. The Morgan fingerprint density at radius 3 is 2.63 bits per heavy atom. The summed E-state index contributed by atoms with van der Waals surface area (Å²) in [7, 11) is 3.33. The Balaban J connectivity index is 1.54. The van der Waals surface area contributed by atoms with Gasteiger partial charge in [0.1, 0.15) is 5.75 Å². The highest BCUT2D eigenvalue weighted by molar-refractivity contribution is 6.32. The van der Waals surface area contributed by atoms with Crippen molar-refractivity contribution in [3.05, 3.63) is 83.3 Å². The van der Waals surface area contributed by atoms with E-state index in [9.17, 15) is 4.79 Å². The van der Waals surface area contributed by atoms with Gasteiger partial charge in [-0.2, -0.15) is 5.10 Å². The van der Waals surface area contributed by atoms with Gasteiger partial charge in [0.15, 0.2) is 0 Å². The van der Waals surface area contributed by atoms with Crippen LogP contribution in [0.3, 0.4) is 0 Å². The van der Waals surface area contributed by atoms with Gasteiger partial charge >= 0.3 is 0 Å². The fourth-order valence-corrected chi connectivity index (χ4v) is 3.77. The van der Waals surface area contributed by atoms with E-state index in [0.29, 0.717) is 40.2 Å². The molecule has 180 valence electrons. The van der Waals surface area contributed by atoms with Crippen LogP contribution in [0.1, 0.15) is 35.8 Å². The Morgan fingerprint density at radius 2 is 1.94 bits per heavy atom. The topological polar surface area (TPSA) is 85.2 Å². The molecule has 4 aromatic rings. The average Bonchev–Trinajstić information content (AvgIpc) is 3.36. The standard InChI is InChI=1S/C26H27ClN6O2/c1-17(2)33-16-20(13-29-33)24-21(27)14-28-26(31-24)30-22-11-10-19(12-23(22)35-4)25(34)32(3)15-18-8-6-5-7-9-18/h5-14,16-17H,15H2,1-4H3,(H,28,30,31). The maximum absolute atomic E-state index is 13.0. The second-order valence-corrected chi connectivity index (χ2v) is 8.79. The summed E-state index contributed by atoms with van der Waals surface area (Å²) in [6.45, 7) is 4.60. The lowest BCUT2D eigenvalue weighted by molar-refractivity contribution is 0.0785. The number of carbonyl (C=O) groups is 1. The Hall–Kier alpha value is -3.91. The summed E-state index contributed by atoms with van der Waals surface area (Å²) in [5, 5.41) is 7.95. The molecule has 0 spiro atoms. The van der Waals surface area contributed by atoms with E-state index < -0.39 is 0 Å². The second-order valence-electron chi connectivity index (χ2n) is 8.38. The van der Waals surface area contributed by atoms with E-state index in [4.69, 9.17) is 16.3 Å². The van der Waals surface area contributed by atoms with Gasteiger partial charge in [0.05, 0.1) is 35.9 Å². The molecule has 4 rings (SSSR count). The van der Waals surface area contributed by atoms with Crippen molar-refractivity contribution in [2.75, 3.05) is 19.5 Å². The molecule has 2 aromatic heterocycles. The molecule has 1 N–H and O–H groups in total. The van der Waals surface area contributed by atoms with Gasteiger partial charge < -0.3 is 15.0 Å². The van der Waals surface area contributed by atoms with Gasteiger partial charge in [-0.3, -0.25) is 9.48 Å². The Kier molecular flexibility index (Phi) is 7.31. The molecule has 0 bridgehead atoms. The molecule has 0 aliphatic heterocycles. The number of ether oxygens (including phenoxy) is 1. The van der Waals surface area contributed by atoms with Crippen LogP contribution in [0.5, 0.6) is 5.75 Å². The molecule has 35 heavy (non-hydrogen) atoms. The van der Waals surface area contributed by atoms with Crippen LogP contribution in [0.25, 0.3) is 11.3 Å². The summed E-state index contributed by atoms with van der Waals surface area (Å²) < 4.78 is 7.39. The molecule has 0 unspecified atom stereocenters. The third-order valence-corrected chi connectivity index (χ3v) is 5.73. The first kappa shape index (κ1) is 24.2. The highest BCUT2D eigenvalue weighted by Gasteiger charge is 2.17. The third-order valence-electron chi connectivity index (χ3n) is 5.45. The smallest absolute Gasteiger partial charge is 0.254 e. The van der Waals surface area contributed by atoms with Crippen LogP contribution in [-0.2, 0) is 6.54 Å². The molecular weight excluding hydrogens is 464 g/mol. The van der Waals surface area contributed by atoms with Crippen molar-refractivity contribution >= 4 is 29.1 Å². The zero-order valence-electron chi connectivity index (χ0n) is 20.1. The van der Waals surface area contributed by atoms with Crippen LogP contribution < -0.4 is 10.1 Å². The number of nitrogens with zero attached hydrogens (tertiary/aromatic N) is 5. The van der Waals surface area contributed by atoms with Crippen LogP contribution in [0.15, 0.2) is 67.1 Å². The van der Waals surface area contributed by atoms with Crippen molar-refractivity contribution in [3.63, 3.8) is 0 Å². The van der Waals surface area contributed by atoms with Gasteiger partial charge in [-0.05, 0) is 37.6 Å². The molecule has 0 atom stereocenters. The fourth-order valence-electron chi connectivity index (χ4n) is 3.57. The van der Waals surface area contributed by atoms with Crippen molar-refractivity contribution in [3.8, 4) is 17.0 Å². The maximum Gasteiger partial charge on any atom is 0.254 e. The molecule has 0 fully saturated rings. The number of aromatic nitrogens is 4. The van der Waals surface area contributed by atoms with Gasteiger partial charge in [0.2, 0.25) is 5.95 Å². The van der Waals surface area contributed by atoms with Gasteiger partial charge in [0.25, 0.3) is 5.91 Å². The van der Waals surface area contributed by atoms with Crippen LogP contribution >= 0.6 is 11.6 Å². The highest BCUT2D eigenvalue weighted by atomic mass is 35.5. The van der Waals surface area contributed by atoms with Crippen molar-refractivity contribution < 1.29 is 9.53 Å². The number of methoxy groups -OCH3 is 1. The lowest BCUT2D eigenvalue weighted by Gasteiger charge is -2.18. The lowest BCUT2D eigenvalue weighted by Crippen LogP contribution is -2.26. The van der Waals surface area contributed by atoms with Crippen LogP contribution in [0.4, 0.5) is 11.6 Å². The first-order valence-electron chi connectivity index (χ1n) is 11.2. The van der Waals surface area contributed by atoms with Gasteiger partial charge in [-0.15, -0.1) is 0 Å². The first-order chi connectivity index (χ1) is 16.9. The zero-order chi connectivity index (χ0) is 24.9. The summed E-state index contributed by atoms with van der Waals surface area (Å²) in [4.78, 5) is 23.5. The molecule has 0 saturated heterocycles. The lowest BCUT2D eigenvalue weighted by atomic mass is 10.1. The number of hydrogen-bond donors (Lipinski definition) is 1. The molecule has 2 heterocycles. The fraction of sp³-hybridized carbons (Fsp3) is 0.231. The van der Waals surface area contributed by atoms with E-state index in [-0.39, 0.29) is 11.9 Å². The molecule has 2 aromatic carbocycles. The summed E-state index contributed by atoms with van der Waals surface area (Å²) in [6.07, 6.45) is 5.17. The highest BCUT2D eigenvalue weighted by Crippen LogP contribution is 2.31. The minimum Gasteiger partial charge on any atom is -0.495 e. The van der Waals surface area contributed by atoms with Crippen LogP contribution in [0.2, 0.25) is 5.02 Å². The van der Waals surface area contributed by atoms with Crippen LogP contribution in [-0.4, -0.2) is 44.7 Å². The summed E-state index contributed by atoms with van der Waals surface area (Å²) in [5.74, 6) is 0.739. The Morgan fingerprint density at radius 1 is 1.17 bits per heavy atom. The van der Waals surface area contributed by atoms with Crippen molar-refractivity contribution in [2.45, 2.75) is 26.4 Å². The maximum atomic E-state index is 13.0. The predicted molar refractivity (Wildman–Crippen MR) is 137 cm³/mol. The van der Waals surface area contributed by atoms with Crippen molar-refractivity contribution in [1.29, 1.82) is 0 Å². The molecule has 0 aliphatic rings. The Labute approximate surface area is 209 Å². The molecule has 9 heteroatoms. The van der Waals surface area contributed by atoms with E-state index in [1.54, 1.807) is 49.7 Å². The SMILES string of the molecule is COc1cc(C(=O)N(C)Cc2ccccc2)ccc1Nc1ncc(Cl)c(-c2cnn(C(C)C)c2)n1. The molecule has 8 nitrogen and oxygen atoms in total. The second kappa shape index (κ2) is 10.6. The van der Waals surface area contributed by atoms with E-state index in [1.165, 1.54) is 0 Å². The predicted octanol–water partition coefficient (Wildman–Crippen LogP) is 5.60. The number of halogens is 1. The quantitative estimate of drug-likeness (QED) is 0.346. The Bertz CT molecular complexity index is 1320. The average molecular weight is 491 g/mol. The van der Waals surface area contributed by atoms with Gasteiger partial charge in [0, 0.05) is 37.0 Å². The van der Waals surface area contributed by atoms with E-state index in [0.717, 1.165) is 11.1 Å². The van der Waals surface area contributed by atoms with Crippen molar-refractivity contribution in [1.82, 2.24) is 24.6 Å². The number of nitrogens with one attached hydrogen (secondary N) is 1. The van der Waals surface area contributed by atoms with Gasteiger partial charge in [-0.1, -0.05) is 41.9 Å². The summed E-state index contributed by atoms with van der Waals surface area (Å²) in [6, 6.07) is 15.3. The number of amides is 1. The number of hydrogen-bond acceptors (Lipinski definition) is 6. The van der Waals surface area contributed by atoms with Crippen LogP contribution in [0, 0.1) is 0 Å². The monoisotopic (exact) mass is 490 g/mol. The number of anilines is 2. The summed E-state index contributed by atoms with van der Waals surface area (Å²) in [5.41, 5.74) is 3.57. The number of rotatable bonds is 8. The van der Waals surface area contributed by atoms with E-state index in [2.05, 4.69) is 20.4 Å². The molecule has 0 radical (unpaired) electrons. The number of carbonyl (C=O) groups excluding carboxylic acids is 1. The largest absolute Gasteiger partial charge is 0.495 e. The van der Waals surface area contributed by atoms with E-state index in [1.807, 2.05) is 55.1 Å². The number of benzene rings is 2. The molecule has 0 aliphatic carbocycles. The van der Waals surface area contributed by atoms with E-state index >= 15 is 0 Å². The molecular formula is C26H27ClN6O2. The normalized spacial score (nSPS) is 10.9. The van der Waals surface area contributed by atoms with Gasteiger partial charge in [-0.25, -0.2) is 9.97 Å². The first-order valence-corrected chi connectivity index (χ1v) is 11.5. The molecule has 1 amide bonds. The minimum absolute atomic E-state index is 0.106. The zero-order valence-corrected chi connectivity index (χ0v) is 20.8. The molecule has 0 saturated carbocycles. The summed E-state index contributed by atoms with van der Waals surface area (Å²) >= 11 is 6.37. The third kappa shape index (κ3) is 5.60. The van der Waals surface area contributed by atoms with Crippen molar-refractivity contribution in [2.24, 2.45) is 0 Å².